The maximum atomic E-state index is 11.4. The quantitative estimate of drug-likeness (QED) is 0.928. The minimum atomic E-state index is -0.795. The Balaban J connectivity index is 1.95. The van der Waals surface area contributed by atoms with Crippen LogP contribution in [0, 0.1) is 6.92 Å². The van der Waals surface area contributed by atoms with Crippen molar-refractivity contribution in [2.75, 3.05) is 0 Å². The van der Waals surface area contributed by atoms with E-state index in [0.29, 0.717) is 12.8 Å². The van der Waals surface area contributed by atoms with Gasteiger partial charge in [0.15, 0.2) is 0 Å². The van der Waals surface area contributed by atoms with E-state index in [1.54, 1.807) is 0 Å². The third-order valence-corrected chi connectivity index (χ3v) is 3.76. The van der Waals surface area contributed by atoms with E-state index in [9.17, 15) is 9.90 Å². The average molecular weight is 271 g/mol. The molecule has 1 N–H and O–H groups in total. The number of aryl methyl sites for hydroxylation is 2. The molecule has 0 spiro atoms. The summed E-state index contributed by atoms with van der Waals surface area (Å²) in [5.41, 5.74) is 2.32. The fraction of sp³-hybridized carbons (Fsp3) is 0.400. The third kappa shape index (κ3) is 2.31. The summed E-state index contributed by atoms with van der Waals surface area (Å²) in [6.07, 6.45) is 2.95. The van der Waals surface area contributed by atoms with Crippen LogP contribution in [0.3, 0.4) is 0 Å². The zero-order chi connectivity index (χ0) is 14.1. The molecule has 104 valence electrons. The van der Waals surface area contributed by atoms with Crippen LogP contribution in [0.15, 0.2) is 24.3 Å². The summed E-state index contributed by atoms with van der Waals surface area (Å²) in [6.45, 7) is 2.04. The molecule has 0 saturated carbocycles. The monoisotopic (exact) mass is 271 g/mol. The van der Waals surface area contributed by atoms with Crippen LogP contribution in [-0.4, -0.2) is 25.8 Å². The van der Waals surface area contributed by atoms with Crippen molar-refractivity contribution in [2.45, 2.75) is 38.6 Å². The highest BCUT2D eigenvalue weighted by atomic mass is 16.4. The van der Waals surface area contributed by atoms with Crippen molar-refractivity contribution in [3.8, 4) is 0 Å². The summed E-state index contributed by atoms with van der Waals surface area (Å²) in [4.78, 5) is 11.4. The Bertz CT molecular complexity index is 648. The Kier molecular flexibility index (Phi) is 3.26. The lowest BCUT2D eigenvalue weighted by Gasteiger charge is -2.22. The van der Waals surface area contributed by atoms with Crippen LogP contribution >= 0.6 is 0 Å². The van der Waals surface area contributed by atoms with Crippen molar-refractivity contribution in [3.63, 3.8) is 0 Å². The molecular weight excluding hydrogens is 254 g/mol. The Morgan fingerprint density at radius 2 is 2.30 bits per heavy atom. The summed E-state index contributed by atoms with van der Waals surface area (Å²) in [5.74, 6) is 0.750. The van der Waals surface area contributed by atoms with Crippen molar-refractivity contribution in [2.24, 2.45) is 0 Å². The lowest BCUT2D eigenvalue weighted by Crippen LogP contribution is -2.26. The van der Waals surface area contributed by atoms with Crippen LogP contribution < -0.4 is 0 Å². The fourth-order valence-corrected chi connectivity index (χ4v) is 2.83. The second-order valence-electron chi connectivity index (χ2n) is 5.31. The molecule has 1 aromatic carbocycles. The maximum Gasteiger partial charge on any atom is 0.326 e. The predicted octanol–water partition coefficient (Wildman–Crippen LogP) is 2.14. The molecule has 0 bridgehead atoms. The molecule has 0 radical (unpaired) electrons. The van der Waals surface area contributed by atoms with E-state index < -0.39 is 12.0 Å². The maximum absolute atomic E-state index is 11.4. The molecule has 3 rings (SSSR count). The van der Waals surface area contributed by atoms with E-state index in [1.165, 1.54) is 5.56 Å². The molecule has 0 amide bonds. The fourth-order valence-electron chi connectivity index (χ4n) is 2.83. The molecule has 1 aliphatic rings. The number of hydrogen-bond acceptors (Lipinski definition) is 3. The van der Waals surface area contributed by atoms with E-state index in [-0.39, 0.29) is 0 Å². The van der Waals surface area contributed by atoms with Gasteiger partial charge in [-0.1, -0.05) is 29.8 Å². The zero-order valence-corrected chi connectivity index (χ0v) is 11.4. The minimum Gasteiger partial charge on any atom is -0.480 e. The van der Waals surface area contributed by atoms with Crippen LogP contribution in [0.2, 0.25) is 0 Å². The van der Waals surface area contributed by atoms with Crippen molar-refractivity contribution in [3.05, 3.63) is 47.0 Å². The molecule has 0 fully saturated rings. The Morgan fingerprint density at radius 1 is 1.45 bits per heavy atom. The SMILES string of the molecule is Cc1cccc(Cc2nnc3n2C(C(=O)O)CCC3)c1. The summed E-state index contributed by atoms with van der Waals surface area (Å²) < 4.78 is 1.81. The zero-order valence-electron chi connectivity index (χ0n) is 11.4. The standard InChI is InChI=1S/C15H17N3O2/c1-10-4-2-5-11(8-10)9-14-17-16-13-7-3-6-12(15(19)20)18(13)14/h2,4-5,8,12H,3,6-7,9H2,1H3,(H,19,20). The van der Waals surface area contributed by atoms with Gasteiger partial charge in [0.1, 0.15) is 17.7 Å². The number of rotatable bonds is 3. The van der Waals surface area contributed by atoms with E-state index in [1.807, 2.05) is 29.7 Å². The molecule has 0 aliphatic carbocycles. The molecule has 5 heteroatoms. The van der Waals surface area contributed by atoms with Crippen LogP contribution in [0.5, 0.6) is 0 Å². The molecule has 5 nitrogen and oxygen atoms in total. The first-order valence-electron chi connectivity index (χ1n) is 6.86. The Hall–Kier alpha value is -2.17. The molecule has 1 aromatic heterocycles. The molecular formula is C15H17N3O2. The highest BCUT2D eigenvalue weighted by molar-refractivity contribution is 5.72. The number of fused-ring (bicyclic) bond motifs is 1. The van der Waals surface area contributed by atoms with E-state index in [4.69, 9.17) is 0 Å². The van der Waals surface area contributed by atoms with Crippen molar-refractivity contribution < 1.29 is 9.90 Å². The number of carboxylic acids is 1. The van der Waals surface area contributed by atoms with Gasteiger partial charge in [-0.15, -0.1) is 10.2 Å². The average Bonchev–Trinajstić information content (AvgIpc) is 2.82. The van der Waals surface area contributed by atoms with Gasteiger partial charge in [0.05, 0.1) is 0 Å². The van der Waals surface area contributed by atoms with Crippen LogP contribution in [0.4, 0.5) is 0 Å². The smallest absolute Gasteiger partial charge is 0.326 e. The van der Waals surface area contributed by atoms with E-state index >= 15 is 0 Å². The highest BCUT2D eigenvalue weighted by Crippen LogP contribution is 2.26. The molecule has 1 unspecified atom stereocenters. The van der Waals surface area contributed by atoms with Crippen LogP contribution in [0.25, 0.3) is 0 Å². The summed E-state index contributed by atoms with van der Waals surface area (Å²) in [6, 6.07) is 7.66. The second-order valence-corrected chi connectivity index (χ2v) is 5.31. The lowest BCUT2D eigenvalue weighted by molar-refractivity contribution is -0.141. The molecule has 1 atom stereocenters. The van der Waals surface area contributed by atoms with E-state index in [2.05, 4.69) is 16.3 Å². The number of carbonyl (C=O) groups is 1. The number of hydrogen-bond donors (Lipinski definition) is 1. The number of benzene rings is 1. The highest BCUT2D eigenvalue weighted by Gasteiger charge is 2.29. The van der Waals surface area contributed by atoms with Gasteiger partial charge in [0, 0.05) is 12.8 Å². The topological polar surface area (TPSA) is 68.0 Å². The molecule has 2 aromatic rings. The van der Waals surface area contributed by atoms with Crippen molar-refractivity contribution in [1.82, 2.24) is 14.8 Å². The van der Waals surface area contributed by atoms with Crippen molar-refractivity contribution in [1.29, 1.82) is 0 Å². The Labute approximate surface area is 117 Å². The number of carboxylic acid groups (broad SMARTS) is 1. The van der Waals surface area contributed by atoms with Crippen LogP contribution in [0.1, 0.15) is 41.7 Å². The minimum absolute atomic E-state index is 0.520. The van der Waals surface area contributed by atoms with Gasteiger partial charge < -0.3 is 9.67 Å². The number of aromatic nitrogens is 3. The van der Waals surface area contributed by atoms with Crippen LogP contribution in [-0.2, 0) is 17.6 Å². The number of aliphatic carboxylic acids is 1. The summed E-state index contributed by atoms with van der Waals surface area (Å²) in [5, 5.41) is 17.7. The summed E-state index contributed by atoms with van der Waals surface area (Å²) in [7, 11) is 0. The van der Waals surface area contributed by atoms with Gasteiger partial charge >= 0.3 is 5.97 Å². The number of nitrogens with zero attached hydrogens (tertiary/aromatic N) is 3. The molecule has 2 heterocycles. The van der Waals surface area contributed by atoms with Gasteiger partial charge in [-0.2, -0.15) is 0 Å². The second kappa shape index (κ2) is 5.07. The summed E-state index contributed by atoms with van der Waals surface area (Å²) >= 11 is 0. The van der Waals surface area contributed by atoms with Gasteiger partial charge in [-0.05, 0) is 25.3 Å². The van der Waals surface area contributed by atoms with Gasteiger partial charge in [0.2, 0.25) is 0 Å². The molecule has 0 saturated heterocycles. The first-order valence-corrected chi connectivity index (χ1v) is 6.86. The molecule has 20 heavy (non-hydrogen) atoms. The van der Waals surface area contributed by atoms with Gasteiger partial charge in [0.25, 0.3) is 0 Å². The lowest BCUT2D eigenvalue weighted by atomic mass is 10.0. The van der Waals surface area contributed by atoms with Crippen molar-refractivity contribution >= 4 is 5.97 Å². The van der Waals surface area contributed by atoms with Gasteiger partial charge in [-0.3, -0.25) is 0 Å². The van der Waals surface area contributed by atoms with Gasteiger partial charge in [-0.25, -0.2) is 4.79 Å². The molecule has 1 aliphatic heterocycles. The Morgan fingerprint density at radius 3 is 3.05 bits per heavy atom. The normalized spacial score (nSPS) is 17.8. The predicted molar refractivity (Wildman–Crippen MR) is 73.6 cm³/mol. The largest absolute Gasteiger partial charge is 0.480 e. The first kappa shape index (κ1) is 12.8. The first-order chi connectivity index (χ1) is 9.65. The third-order valence-electron chi connectivity index (χ3n) is 3.76. The van der Waals surface area contributed by atoms with E-state index in [0.717, 1.165) is 30.1 Å².